The molecule has 1 aliphatic heterocycles. The highest BCUT2D eigenvalue weighted by molar-refractivity contribution is 9.10. The van der Waals surface area contributed by atoms with Gasteiger partial charge in [-0.25, -0.2) is 0 Å². The molecule has 0 bridgehead atoms. The number of hydrogen-bond acceptors (Lipinski definition) is 3. The Morgan fingerprint density at radius 3 is 2.63 bits per heavy atom. The molecule has 0 radical (unpaired) electrons. The van der Waals surface area contributed by atoms with Crippen LogP contribution in [0.4, 0.5) is 0 Å². The third-order valence-electron chi connectivity index (χ3n) is 3.77. The number of aryl methyl sites for hydroxylation is 1. The lowest BCUT2D eigenvalue weighted by molar-refractivity contribution is 0.153. The molecule has 3 nitrogen and oxygen atoms in total. The van der Waals surface area contributed by atoms with E-state index in [9.17, 15) is 0 Å². The number of likely N-dealkylation sites (N-methyl/N-ethyl adjacent to an activating group) is 1. The smallest absolute Gasteiger partial charge is 0.123 e. The number of benzene rings is 1. The van der Waals surface area contributed by atoms with Gasteiger partial charge >= 0.3 is 0 Å². The van der Waals surface area contributed by atoms with E-state index in [-0.39, 0.29) is 0 Å². The summed E-state index contributed by atoms with van der Waals surface area (Å²) < 4.78 is 6.51. The van der Waals surface area contributed by atoms with Crippen molar-refractivity contribution in [3.05, 3.63) is 28.2 Å². The Morgan fingerprint density at radius 1 is 1.21 bits per heavy atom. The lowest BCUT2D eigenvalue weighted by Crippen LogP contribution is -2.44. The highest BCUT2D eigenvalue weighted by Gasteiger charge is 2.13. The Morgan fingerprint density at radius 2 is 1.95 bits per heavy atom. The van der Waals surface area contributed by atoms with E-state index in [2.05, 4.69) is 44.9 Å². The third-order valence-corrected chi connectivity index (χ3v) is 4.26. The summed E-state index contributed by atoms with van der Waals surface area (Å²) in [5, 5.41) is 0. The monoisotopic (exact) mass is 326 g/mol. The molecule has 2 rings (SSSR count). The van der Waals surface area contributed by atoms with Crippen molar-refractivity contribution in [2.45, 2.75) is 12.8 Å². The van der Waals surface area contributed by atoms with Crippen LogP contribution in [0.1, 0.15) is 12.0 Å². The van der Waals surface area contributed by atoms with E-state index in [1.165, 1.54) is 44.7 Å². The van der Waals surface area contributed by atoms with Crippen LogP contribution in [0.3, 0.4) is 0 Å². The number of hydrogen-bond donors (Lipinski definition) is 0. The van der Waals surface area contributed by atoms with E-state index in [1.807, 2.05) is 6.07 Å². The molecule has 0 amide bonds. The van der Waals surface area contributed by atoms with E-state index in [4.69, 9.17) is 4.74 Å². The predicted octanol–water partition coefficient (Wildman–Crippen LogP) is 2.64. The van der Waals surface area contributed by atoms with Crippen LogP contribution in [0.15, 0.2) is 22.7 Å². The fraction of sp³-hybridized carbons (Fsp3) is 0.600. The Labute approximate surface area is 124 Å². The van der Waals surface area contributed by atoms with Crippen molar-refractivity contribution < 1.29 is 4.74 Å². The Hall–Kier alpha value is -0.580. The summed E-state index contributed by atoms with van der Waals surface area (Å²) in [6.07, 6.45) is 2.28. The fourth-order valence-corrected chi connectivity index (χ4v) is 2.83. The second-order valence-electron chi connectivity index (χ2n) is 5.20. The van der Waals surface area contributed by atoms with Crippen molar-refractivity contribution in [1.82, 2.24) is 9.80 Å². The number of rotatable bonds is 5. The highest BCUT2D eigenvalue weighted by atomic mass is 79.9. The molecule has 0 N–H and O–H groups in total. The minimum atomic E-state index is 0.993. The van der Waals surface area contributed by atoms with Gasteiger partial charge in [-0.2, -0.15) is 0 Å². The highest BCUT2D eigenvalue weighted by Crippen LogP contribution is 2.24. The molecule has 106 valence electrons. The van der Waals surface area contributed by atoms with Crippen molar-refractivity contribution in [3.63, 3.8) is 0 Å². The topological polar surface area (TPSA) is 15.7 Å². The van der Waals surface area contributed by atoms with Crippen molar-refractivity contribution in [2.24, 2.45) is 0 Å². The standard InChI is InChI=1S/C15H23BrN2O/c1-17-8-10-18(11-9-17)7-3-4-13-5-6-14(16)12-15(13)19-2/h5-6,12H,3-4,7-11H2,1-2H3. The minimum absolute atomic E-state index is 0.993. The van der Waals surface area contributed by atoms with E-state index in [0.717, 1.165) is 16.6 Å². The summed E-state index contributed by atoms with van der Waals surface area (Å²) in [6, 6.07) is 6.30. The fourth-order valence-electron chi connectivity index (χ4n) is 2.49. The van der Waals surface area contributed by atoms with Gasteiger partial charge in [0, 0.05) is 30.7 Å². The van der Waals surface area contributed by atoms with Crippen LogP contribution in [-0.2, 0) is 6.42 Å². The molecule has 0 aromatic heterocycles. The van der Waals surface area contributed by atoms with Crippen molar-refractivity contribution in [3.8, 4) is 5.75 Å². The minimum Gasteiger partial charge on any atom is -0.496 e. The molecule has 1 aliphatic rings. The molecule has 1 aromatic carbocycles. The first-order valence-corrected chi connectivity index (χ1v) is 7.71. The first-order chi connectivity index (χ1) is 9.19. The molecule has 1 saturated heterocycles. The number of ether oxygens (including phenoxy) is 1. The van der Waals surface area contributed by atoms with Gasteiger partial charge < -0.3 is 14.5 Å². The molecule has 19 heavy (non-hydrogen) atoms. The first kappa shape index (κ1) is 14.8. The second kappa shape index (κ2) is 7.27. The van der Waals surface area contributed by atoms with E-state index in [0.29, 0.717) is 0 Å². The van der Waals surface area contributed by atoms with Crippen LogP contribution in [0.5, 0.6) is 5.75 Å². The summed E-state index contributed by atoms with van der Waals surface area (Å²) in [4.78, 5) is 4.96. The van der Waals surface area contributed by atoms with Crippen LogP contribution >= 0.6 is 15.9 Å². The second-order valence-corrected chi connectivity index (χ2v) is 6.12. The lowest BCUT2D eigenvalue weighted by Gasteiger charge is -2.32. The van der Waals surface area contributed by atoms with Gasteiger partial charge in [-0.3, -0.25) is 0 Å². The summed E-state index contributed by atoms with van der Waals surface area (Å²) in [7, 11) is 3.94. The van der Waals surface area contributed by atoms with Crippen LogP contribution in [0.25, 0.3) is 0 Å². The zero-order valence-corrected chi connectivity index (χ0v) is 13.4. The maximum absolute atomic E-state index is 5.43. The van der Waals surface area contributed by atoms with Crippen molar-refractivity contribution in [2.75, 3.05) is 46.9 Å². The van der Waals surface area contributed by atoms with Gasteiger partial charge in [0.05, 0.1) is 7.11 Å². The molecular formula is C15H23BrN2O. The molecular weight excluding hydrogens is 304 g/mol. The van der Waals surface area contributed by atoms with Gasteiger partial charge in [-0.05, 0) is 44.1 Å². The van der Waals surface area contributed by atoms with E-state index >= 15 is 0 Å². The molecule has 1 heterocycles. The average Bonchev–Trinajstić information content (AvgIpc) is 2.42. The molecule has 0 spiro atoms. The van der Waals surface area contributed by atoms with Gasteiger partial charge in [0.2, 0.25) is 0 Å². The Kier molecular flexibility index (Phi) is 5.67. The van der Waals surface area contributed by atoms with Crippen LogP contribution in [0.2, 0.25) is 0 Å². The normalized spacial score (nSPS) is 17.6. The van der Waals surface area contributed by atoms with Gasteiger partial charge in [-0.1, -0.05) is 22.0 Å². The number of piperazine rings is 1. The summed E-state index contributed by atoms with van der Waals surface area (Å²) in [5.41, 5.74) is 1.31. The van der Waals surface area contributed by atoms with Gasteiger partial charge in [0.1, 0.15) is 5.75 Å². The average molecular weight is 327 g/mol. The maximum Gasteiger partial charge on any atom is 0.123 e. The molecule has 1 aromatic rings. The molecule has 0 aliphatic carbocycles. The quantitative estimate of drug-likeness (QED) is 0.827. The summed E-state index contributed by atoms with van der Waals surface area (Å²) >= 11 is 3.48. The summed E-state index contributed by atoms with van der Waals surface area (Å²) in [6.45, 7) is 5.98. The van der Waals surface area contributed by atoms with Gasteiger partial charge in [0.15, 0.2) is 0 Å². The van der Waals surface area contributed by atoms with E-state index < -0.39 is 0 Å². The molecule has 4 heteroatoms. The zero-order chi connectivity index (χ0) is 13.7. The zero-order valence-electron chi connectivity index (χ0n) is 11.9. The largest absolute Gasteiger partial charge is 0.496 e. The van der Waals surface area contributed by atoms with E-state index in [1.54, 1.807) is 7.11 Å². The van der Waals surface area contributed by atoms with Crippen molar-refractivity contribution in [1.29, 1.82) is 0 Å². The lowest BCUT2D eigenvalue weighted by atomic mass is 10.1. The third kappa shape index (κ3) is 4.48. The van der Waals surface area contributed by atoms with Gasteiger partial charge in [0.25, 0.3) is 0 Å². The van der Waals surface area contributed by atoms with Crippen molar-refractivity contribution >= 4 is 15.9 Å². The SMILES string of the molecule is COc1cc(Br)ccc1CCCN1CCN(C)CC1. The molecule has 1 fully saturated rings. The first-order valence-electron chi connectivity index (χ1n) is 6.92. The summed E-state index contributed by atoms with van der Waals surface area (Å²) in [5.74, 6) is 0.993. The van der Waals surface area contributed by atoms with Crippen LogP contribution in [-0.4, -0.2) is 56.7 Å². The number of methoxy groups -OCH3 is 1. The van der Waals surface area contributed by atoms with Crippen LogP contribution < -0.4 is 4.74 Å². The number of halogens is 1. The molecule has 0 atom stereocenters. The molecule has 0 saturated carbocycles. The number of nitrogens with zero attached hydrogens (tertiary/aromatic N) is 2. The Balaban J connectivity index is 1.79. The molecule has 0 unspecified atom stereocenters. The Bertz CT molecular complexity index is 403. The maximum atomic E-state index is 5.43. The van der Waals surface area contributed by atoms with Gasteiger partial charge in [-0.15, -0.1) is 0 Å². The predicted molar refractivity (Wildman–Crippen MR) is 83.0 cm³/mol. The van der Waals surface area contributed by atoms with Crippen LogP contribution in [0, 0.1) is 0 Å².